The van der Waals surface area contributed by atoms with Gasteiger partial charge < -0.3 is 10.6 Å². The normalized spacial score (nSPS) is 30.1. The number of halogens is 1. The van der Waals surface area contributed by atoms with Gasteiger partial charge in [0.15, 0.2) is 0 Å². The summed E-state index contributed by atoms with van der Waals surface area (Å²) in [6, 6.07) is 0.208. The minimum absolute atomic E-state index is 0.118. The van der Waals surface area contributed by atoms with Crippen LogP contribution in [0.25, 0.3) is 0 Å². The fourth-order valence-corrected chi connectivity index (χ4v) is 1.87. The lowest BCUT2D eigenvalue weighted by Gasteiger charge is -2.27. The molecular formula is C11H13ClN2. The van der Waals surface area contributed by atoms with Gasteiger partial charge in [-0.25, -0.2) is 0 Å². The van der Waals surface area contributed by atoms with Gasteiger partial charge in [-0.15, -0.1) is 0 Å². The zero-order valence-electron chi connectivity index (χ0n) is 8.00. The van der Waals surface area contributed by atoms with E-state index in [-0.39, 0.29) is 11.5 Å². The molecule has 2 unspecified atom stereocenters. The molecule has 0 saturated carbocycles. The molecule has 0 aromatic rings. The summed E-state index contributed by atoms with van der Waals surface area (Å²) < 4.78 is 0. The fraction of sp³-hybridized carbons (Fsp3) is 0.273. The Morgan fingerprint density at radius 1 is 1.29 bits per heavy atom. The van der Waals surface area contributed by atoms with Crippen LogP contribution in [-0.4, -0.2) is 11.5 Å². The van der Waals surface area contributed by atoms with Crippen LogP contribution in [0.5, 0.6) is 0 Å². The van der Waals surface area contributed by atoms with Gasteiger partial charge in [-0.2, -0.15) is 0 Å². The highest BCUT2D eigenvalue weighted by Gasteiger charge is 2.20. The molecule has 14 heavy (non-hydrogen) atoms. The van der Waals surface area contributed by atoms with Crippen LogP contribution >= 0.6 is 11.6 Å². The van der Waals surface area contributed by atoms with E-state index in [0.29, 0.717) is 0 Å². The number of nitrogens with one attached hydrogen (secondary N) is 2. The van der Waals surface area contributed by atoms with Crippen LogP contribution in [0.4, 0.5) is 0 Å². The van der Waals surface area contributed by atoms with Crippen LogP contribution in [-0.2, 0) is 0 Å². The molecule has 0 amide bonds. The van der Waals surface area contributed by atoms with Gasteiger partial charge in [0.1, 0.15) is 5.50 Å². The molecule has 2 N–H and O–H groups in total. The number of rotatable bonds is 1. The summed E-state index contributed by atoms with van der Waals surface area (Å²) in [6.07, 6.45) is 12.1. The van der Waals surface area contributed by atoms with Gasteiger partial charge >= 0.3 is 0 Å². The van der Waals surface area contributed by atoms with E-state index in [0.717, 1.165) is 11.3 Å². The zero-order chi connectivity index (χ0) is 9.97. The molecule has 0 saturated heterocycles. The topological polar surface area (TPSA) is 24.1 Å². The Morgan fingerprint density at radius 2 is 2.14 bits per heavy atom. The smallest absolute Gasteiger partial charge is 0.125 e. The van der Waals surface area contributed by atoms with Crippen LogP contribution in [0.3, 0.4) is 0 Å². The van der Waals surface area contributed by atoms with Crippen molar-refractivity contribution >= 4 is 11.6 Å². The monoisotopic (exact) mass is 208 g/mol. The summed E-state index contributed by atoms with van der Waals surface area (Å²) >= 11 is 6.14. The Hall–Kier alpha value is -1.15. The average molecular weight is 209 g/mol. The Bertz CT molecular complexity index is 339. The molecule has 2 rings (SSSR count). The first-order valence-electron chi connectivity index (χ1n) is 4.66. The van der Waals surface area contributed by atoms with Crippen molar-refractivity contribution in [2.24, 2.45) is 0 Å². The average Bonchev–Trinajstić information content (AvgIpc) is 2.18. The Balaban J connectivity index is 2.16. The molecule has 0 fully saturated rings. The molecule has 0 aromatic carbocycles. The number of hydrogen-bond donors (Lipinski definition) is 2. The summed E-state index contributed by atoms with van der Waals surface area (Å²) in [7, 11) is 0. The maximum atomic E-state index is 6.14. The van der Waals surface area contributed by atoms with E-state index in [1.165, 1.54) is 0 Å². The first kappa shape index (κ1) is 9.41. The molecule has 2 aliphatic rings. The number of alkyl halides is 1. The Kier molecular flexibility index (Phi) is 2.64. The quantitative estimate of drug-likeness (QED) is 0.509. The van der Waals surface area contributed by atoms with Crippen molar-refractivity contribution in [2.45, 2.75) is 18.5 Å². The minimum Gasteiger partial charge on any atom is -0.378 e. The van der Waals surface area contributed by atoms with E-state index in [1.807, 2.05) is 25.3 Å². The summed E-state index contributed by atoms with van der Waals surface area (Å²) in [5.41, 5.74) is 2.20. The van der Waals surface area contributed by atoms with Gasteiger partial charge in [0.25, 0.3) is 0 Å². The van der Waals surface area contributed by atoms with Gasteiger partial charge in [-0.1, -0.05) is 29.8 Å². The third kappa shape index (κ3) is 1.85. The minimum atomic E-state index is -0.118. The third-order valence-corrected chi connectivity index (χ3v) is 2.69. The molecule has 74 valence electrons. The first-order chi connectivity index (χ1) is 6.77. The van der Waals surface area contributed by atoms with Crippen LogP contribution in [0.2, 0.25) is 0 Å². The van der Waals surface area contributed by atoms with Crippen molar-refractivity contribution in [3.8, 4) is 0 Å². The lowest BCUT2D eigenvalue weighted by molar-refractivity contribution is 0.683. The van der Waals surface area contributed by atoms with Crippen molar-refractivity contribution in [3.63, 3.8) is 0 Å². The summed E-state index contributed by atoms with van der Waals surface area (Å²) in [5, 5.41) is 6.43. The van der Waals surface area contributed by atoms with E-state index >= 15 is 0 Å². The van der Waals surface area contributed by atoms with Crippen molar-refractivity contribution in [2.75, 3.05) is 0 Å². The van der Waals surface area contributed by atoms with Crippen molar-refractivity contribution < 1.29 is 0 Å². The lowest BCUT2D eigenvalue weighted by atomic mass is 10.0. The molecule has 3 heteroatoms. The van der Waals surface area contributed by atoms with Crippen LogP contribution in [0.15, 0.2) is 47.9 Å². The molecule has 2 nitrogen and oxygen atoms in total. The Labute approximate surface area is 89.0 Å². The maximum absolute atomic E-state index is 6.14. The second-order valence-corrected chi connectivity index (χ2v) is 3.85. The lowest BCUT2D eigenvalue weighted by Crippen LogP contribution is -2.37. The molecule has 0 spiro atoms. The third-order valence-electron chi connectivity index (χ3n) is 2.31. The fourth-order valence-electron chi connectivity index (χ4n) is 1.59. The summed E-state index contributed by atoms with van der Waals surface area (Å²) in [5.74, 6) is 0. The highest BCUT2D eigenvalue weighted by Crippen LogP contribution is 2.19. The summed E-state index contributed by atoms with van der Waals surface area (Å²) in [6.45, 7) is 2.05. The maximum Gasteiger partial charge on any atom is 0.125 e. The molecule has 0 radical (unpaired) electrons. The Morgan fingerprint density at radius 3 is 2.86 bits per heavy atom. The molecule has 0 aliphatic carbocycles. The predicted molar refractivity (Wildman–Crippen MR) is 59.8 cm³/mol. The van der Waals surface area contributed by atoms with Crippen LogP contribution < -0.4 is 10.6 Å². The summed E-state index contributed by atoms with van der Waals surface area (Å²) in [4.78, 5) is 0. The number of hydrogen-bond acceptors (Lipinski definition) is 2. The van der Waals surface area contributed by atoms with Crippen molar-refractivity contribution in [1.29, 1.82) is 0 Å². The second-order valence-electron chi connectivity index (χ2n) is 3.41. The largest absolute Gasteiger partial charge is 0.378 e. The predicted octanol–water partition coefficient (Wildman–Crippen LogP) is 2.03. The number of allylic oxidation sites excluding steroid dienone is 5. The first-order valence-corrected chi connectivity index (χ1v) is 5.09. The molecule has 2 aliphatic heterocycles. The van der Waals surface area contributed by atoms with E-state index in [1.54, 1.807) is 0 Å². The molecule has 0 aromatic heterocycles. The van der Waals surface area contributed by atoms with E-state index in [2.05, 4.69) is 28.9 Å². The second kappa shape index (κ2) is 3.93. The van der Waals surface area contributed by atoms with Crippen molar-refractivity contribution in [3.05, 3.63) is 47.9 Å². The standard InChI is InChI=1S/C11H13ClN2/c1-8-4-2-6-10(14-8)9-5-3-7-13-11(9)12/h2-7,10-11,13-14H,1H3. The van der Waals surface area contributed by atoms with Gasteiger partial charge in [-0.05, 0) is 30.8 Å². The van der Waals surface area contributed by atoms with Gasteiger partial charge in [0.2, 0.25) is 0 Å². The molecule has 2 heterocycles. The van der Waals surface area contributed by atoms with E-state index in [4.69, 9.17) is 11.6 Å². The molecule has 0 bridgehead atoms. The van der Waals surface area contributed by atoms with E-state index in [9.17, 15) is 0 Å². The van der Waals surface area contributed by atoms with Gasteiger partial charge in [-0.3, -0.25) is 0 Å². The SMILES string of the molecule is CC1=CC=CC(C2=CC=CNC2Cl)N1. The molecular weight excluding hydrogens is 196 g/mol. The van der Waals surface area contributed by atoms with E-state index < -0.39 is 0 Å². The van der Waals surface area contributed by atoms with Crippen molar-refractivity contribution in [1.82, 2.24) is 10.6 Å². The van der Waals surface area contributed by atoms with Crippen LogP contribution in [0, 0.1) is 0 Å². The zero-order valence-corrected chi connectivity index (χ0v) is 8.75. The number of dihydropyridines is 2. The highest BCUT2D eigenvalue weighted by molar-refractivity contribution is 6.22. The van der Waals surface area contributed by atoms with Gasteiger partial charge in [0, 0.05) is 5.70 Å². The van der Waals surface area contributed by atoms with Crippen LogP contribution in [0.1, 0.15) is 6.92 Å². The van der Waals surface area contributed by atoms with Gasteiger partial charge in [0.05, 0.1) is 6.04 Å². The molecule has 2 atom stereocenters. The highest BCUT2D eigenvalue weighted by atomic mass is 35.5.